The van der Waals surface area contributed by atoms with Crippen molar-refractivity contribution >= 4 is 32.3 Å². The summed E-state index contributed by atoms with van der Waals surface area (Å²) in [6.45, 7) is 0. The molecule has 0 radical (unpaired) electrons. The highest BCUT2D eigenvalue weighted by atomic mass is 14.3. The van der Waals surface area contributed by atoms with Gasteiger partial charge in [-0.15, -0.1) is 0 Å². The third kappa shape index (κ3) is 4.57. The summed E-state index contributed by atoms with van der Waals surface area (Å²) < 4.78 is 87.0. The van der Waals surface area contributed by atoms with E-state index in [0.29, 0.717) is 0 Å². The second kappa shape index (κ2) is 11.3. The molecule has 8 rings (SSSR count). The van der Waals surface area contributed by atoms with Crippen LogP contribution in [0.4, 0.5) is 0 Å². The van der Waals surface area contributed by atoms with Crippen LogP contribution in [0.3, 0.4) is 0 Å². The van der Waals surface area contributed by atoms with Gasteiger partial charge in [0.05, 0.1) is 13.7 Å². The largest absolute Gasteiger partial charge is 0.0626 e. The van der Waals surface area contributed by atoms with E-state index >= 15 is 0 Å². The van der Waals surface area contributed by atoms with Crippen LogP contribution in [0, 0.1) is 0 Å². The molecular formula is C44H32. The van der Waals surface area contributed by atoms with E-state index in [1.807, 2.05) is 109 Å². The fourth-order valence-corrected chi connectivity index (χ4v) is 6.59. The van der Waals surface area contributed by atoms with Crippen molar-refractivity contribution in [3.8, 4) is 0 Å². The number of benzene rings is 8. The lowest BCUT2D eigenvalue weighted by atomic mass is 9.78. The minimum absolute atomic E-state index is 0.183. The molecule has 0 bridgehead atoms. The first-order valence-electron chi connectivity index (χ1n) is 19.6. The molecule has 0 fully saturated rings. The first-order valence-corrected chi connectivity index (χ1v) is 14.6. The van der Waals surface area contributed by atoms with E-state index in [1.54, 1.807) is 0 Å². The van der Waals surface area contributed by atoms with Gasteiger partial charge in [0.1, 0.15) is 0 Å². The van der Waals surface area contributed by atoms with Gasteiger partial charge in [-0.05, 0) is 77.8 Å². The Hall–Kier alpha value is -5.46. The summed E-state index contributed by atoms with van der Waals surface area (Å²) in [5.41, 5.74) is 3.45. The first kappa shape index (κ1) is 17.6. The minimum atomic E-state index is -0.726. The Kier molecular flexibility index (Phi) is 4.53. The third-order valence-electron chi connectivity index (χ3n) is 8.45. The van der Waals surface area contributed by atoms with Crippen LogP contribution in [-0.4, -0.2) is 0 Å². The molecule has 0 aromatic heterocycles. The Morgan fingerprint density at radius 1 is 0.318 bits per heavy atom. The van der Waals surface area contributed by atoms with Gasteiger partial charge in [-0.2, -0.15) is 0 Å². The van der Waals surface area contributed by atoms with Crippen molar-refractivity contribution in [2.75, 3.05) is 0 Å². The molecule has 0 heterocycles. The van der Waals surface area contributed by atoms with Crippen molar-refractivity contribution in [1.29, 1.82) is 0 Å². The Bertz CT molecular complexity index is 2530. The van der Waals surface area contributed by atoms with Gasteiger partial charge in [0.15, 0.2) is 0 Å². The highest BCUT2D eigenvalue weighted by molar-refractivity contribution is 6.19. The van der Waals surface area contributed by atoms with Gasteiger partial charge in [0.2, 0.25) is 0 Å². The van der Waals surface area contributed by atoms with Crippen molar-refractivity contribution < 1.29 is 13.7 Å². The van der Waals surface area contributed by atoms with Crippen molar-refractivity contribution in [3.05, 3.63) is 215 Å². The number of hydrogen-bond acceptors (Lipinski definition) is 0. The molecule has 0 saturated carbocycles. The number of hydrogen-bond donors (Lipinski definition) is 0. The van der Waals surface area contributed by atoms with E-state index in [-0.39, 0.29) is 35.3 Å². The van der Waals surface area contributed by atoms with Crippen LogP contribution >= 0.6 is 0 Å². The molecule has 8 aromatic carbocycles. The van der Waals surface area contributed by atoms with E-state index in [0.717, 1.165) is 54.6 Å². The summed E-state index contributed by atoms with van der Waals surface area (Å²) in [7, 11) is 0. The average molecular weight is 571 g/mol. The van der Waals surface area contributed by atoms with Gasteiger partial charge < -0.3 is 0 Å². The molecule has 0 spiro atoms. The average Bonchev–Trinajstić information content (AvgIpc) is 3.21. The van der Waals surface area contributed by atoms with Crippen LogP contribution in [0.5, 0.6) is 0 Å². The number of rotatable bonds is 6. The van der Waals surface area contributed by atoms with Crippen LogP contribution in [0.15, 0.2) is 182 Å². The Morgan fingerprint density at radius 3 is 1.05 bits per heavy atom. The minimum Gasteiger partial charge on any atom is -0.0622 e. The standard InChI is InChI=1S/C44H32/c1-5-17-31(18-6-1)43(32-19-7-2-8-20-32)41-29-39-36-26-14-16-28-38(36)42(30-40(39)35-25-13-15-27-37(35)41)44(33-21-9-3-10-22-33)34-23-11-4-12-24-34/h1-30,43-44H/i1D,3D,5D,6D,9D,10D,17D,18D,21D,22D. The SMILES string of the molecule is [2H]c1c([2H])c([2H])c(C(c2ccccc2)c2cc3c4ccccc4c(C(c4ccccc4)c4c([2H])c([2H])c([2H])c([2H])c4[2H])cc3c3ccccc23)c([2H])c1[2H]. The van der Waals surface area contributed by atoms with E-state index in [9.17, 15) is 0 Å². The molecule has 208 valence electrons. The molecule has 0 saturated heterocycles. The molecular weight excluding hydrogens is 528 g/mol. The lowest BCUT2D eigenvalue weighted by Gasteiger charge is -2.25. The fraction of sp³-hybridized carbons (Fsp3) is 0.0455. The van der Waals surface area contributed by atoms with Crippen LogP contribution < -0.4 is 0 Å². The quantitative estimate of drug-likeness (QED) is 0.138. The Morgan fingerprint density at radius 2 is 0.659 bits per heavy atom. The van der Waals surface area contributed by atoms with Gasteiger partial charge >= 0.3 is 0 Å². The van der Waals surface area contributed by atoms with Crippen LogP contribution in [0.25, 0.3) is 32.3 Å². The molecule has 2 unspecified atom stereocenters. The summed E-state index contributed by atoms with van der Waals surface area (Å²) in [5.74, 6) is -1.45. The van der Waals surface area contributed by atoms with Crippen LogP contribution in [0.2, 0.25) is 0 Å². The summed E-state index contributed by atoms with van der Waals surface area (Å²) in [5, 5.41) is 5.10. The summed E-state index contributed by atoms with van der Waals surface area (Å²) in [6.07, 6.45) is 0. The lowest BCUT2D eigenvalue weighted by molar-refractivity contribution is 0.989. The molecule has 0 N–H and O–H groups in total. The zero-order chi connectivity index (χ0) is 38.0. The van der Waals surface area contributed by atoms with E-state index < -0.39 is 48.1 Å². The molecule has 0 amide bonds. The maximum Gasteiger partial charge on any atom is 0.0626 e. The first-order chi connectivity index (χ1) is 26.0. The molecule has 0 aliphatic rings. The molecule has 0 heteroatoms. The van der Waals surface area contributed by atoms with Crippen LogP contribution in [-0.2, 0) is 0 Å². The van der Waals surface area contributed by atoms with E-state index in [4.69, 9.17) is 13.7 Å². The zero-order valence-corrected chi connectivity index (χ0v) is 23.7. The highest BCUT2D eigenvalue weighted by Gasteiger charge is 2.24. The Labute approximate surface area is 272 Å². The van der Waals surface area contributed by atoms with Gasteiger partial charge in [0, 0.05) is 11.8 Å². The molecule has 0 aliphatic heterocycles. The summed E-state index contributed by atoms with van der Waals surface area (Å²) >= 11 is 0. The molecule has 0 nitrogen and oxygen atoms in total. The highest BCUT2D eigenvalue weighted by Crippen LogP contribution is 2.44. The maximum absolute atomic E-state index is 9.04. The lowest BCUT2D eigenvalue weighted by Crippen LogP contribution is -2.06. The summed E-state index contributed by atoms with van der Waals surface area (Å²) in [6, 6.07) is 35.2. The van der Waals surface area contributed by atoms with Crippen molar-refractivity contribution in [2.45, 2.75) is 11.8 Å². The number of fused-ring (bicyclic) bond motifs is 5. The predicted molar refractivity (Wildman–Crippen MR) is 187 cm³/mol. The molecule has 44 heavy (non-hydrogen) atoms. The van der Waals surface area contributed by atoms with Crippen molar-refractivity contribution in [3.63, 3.8) is 0 Å². The molecule has 2 atom stereocenters. The molecule has 0 aliphatic carbocycles. The normalized spacial score (nSPS) is 16.0. The van der Waals surface area contributed by atoms with Crippen molar-refractivity contribution in [1.82, 2.24) is 0 Å². The smallest absolute Gasteiger partial charge is 0.0622 e. The topological polar surface area (TPSA) is 0 Å². The van der Waals surface area contributed by atoms with Gasteiger partial charge in [-0.25, -0.2) is 0 Å². The van der Waals surface area contributed by atoms with E-state index in [2.05, 4.69) is 12.1 Å². The second-order valence-electron chi connectivity index (χ2n) is 10.9. The van der Waals surface area contributed by atoms with Crippen molar-refractivity contribution in [2.24, 2.45) is 0 Å². The predicted octanol–water partition coefficient (Wildman–Crippen LogP) is 11.5. The van der Waals surface area contributed by atoms with Crippen LogP contribution in [0.1, 0.15) is 58.9 Å². The van der Waals surface area contributed by atoms with Gasteiger partial charge in [-0.1, -0.05) is 170 Å². The third-order valence-corrected chi connectivity index (χ3v) is 8.45. The second-order valence-corrected chi connectivity index (χ2v) is 10.9. The van der Waals surface area contributed by atoms with Gasteiger partial charge in [0.25, 0.3) is 0 Å². The van der Waals surface area contributed by atoms with Gasteiger partial charge in [-0.3, -0.25) is 0 Å². The zero-order valence-electron chi connectivity index (χ0n) is 33.7. The van der Waals surface area contributed by atoms with E-state index in [1.165, 1.54) is 0 Å². The Balaban J connectivity index is 1.52. The maximum atomic E-state index is 9.04. The fourth-order valence-electron chi connectivity index (χ4n) is 6.59. The molecule has 8 aromatic rings. The monoisotopic (exact) mass is 570 g/mol. The summed E-state index contributed by atoms with van der Waals surface area (Å²) in [4.78, 5) is 0.